The van der Waals surface area contributed by atoms with Crippen molar-refractivity contribution in [2.24, 2.45) is 0 Å². The molecule has 0 unspecified atom stereocenters. The van der Waals surface area contributed by atoms with E-state index in [1.165, 1.54) is 6.08 Å². The SMILES string of the molecule is COc1ccc(C=CC(=O)NC[C@@H]2COc3ccccc3O2)cc1OC. The Labute approximate surface area is 152 Å². The van der Waals surface area contributed by atoms with Crippen LogP contribution in [0.1, 0.15) is 5.56 Å². The summed E-state index contributed by atoms with van der Waals surface area (Å²) < 4.78 is 21.9. The van der Waals surface area contributed by atoms with Crippen molar-refractivity contribution in [3.63, 3.8) is 0 Å². The van der Waals surface area contributed by atoms with Crippen molar-refractivity contribution in [1.82, 2.24) is 5.32 Å². The first-order chi connectivity index (χ1) is 12.7. The molecule has 3 rings (SSSR count). The van der Waals surface area contributed by atoms with Gasteiger partial charge in [-0.1, -0.05) is 18.2 Å². The summed E-state index contributed by atoms with van der Waals surface area (Å²) in [6.45, 7) is 0.764. The highest BCUT2D eigenvalue weighted by Gasteiger charge is 2.20. The summed E-state index contributed by atoms with van der Waals surface area (Å²) in [5.41, 5.74) is 0.837. The minimum atomic E-state index is -0.219. The van der Waals surface area contributed by atoms with E-state index in [0.29, 0.717) is 30.4 Å². The van der Waals surface area contributed by atoms with Gasteiger partial charge in [0.05, 0.1) is 20.8 Å². The second-order valence-corrected chi connectivity index (χ2v) is 5.69. The Morgan fingerprint density at radius 1 is 1.15 bits per heavy atom. The van der Waals surface area contributed by atoms with Gasteiger partial charge < -0.3 is 24.3 Å². The highest BCUT2D eigenvalue weighted by atomic mass is 16.6. The van der Waals surface area contributed by atoms with Crippen molar-refractivity contribution < 1.29 is 23.7 Å². The van der Waals surface area contributed by atoms with Crippen molar-refractivity contribution in [2.75, 3.05) is 27.4 Å². The fraction of sp³-hybridized carbons (Fsp3) is 0.250. The normalized spacial score (nSPS) is 15.5. The molecule has 0 aromatic heterocycles. The number of hydrogen-bond donors (Lipinski definition) is 1. The van der Waals surface area contributed by atoms with E-state index in [2.05, 4.69) is 5.32 Å². The predicted molar refractivity (Wildman–Crippen MR) is 97.9 cm³/mol. The van der Waals surface area contributed by atoms with Crippen LogP contribution in [0.15, 0.2) is 48.5 Å². The molecule has 0 radical (unpaired) electrons. The zero-order chi connectivity index (χ0) is 18.4. The first kappa shape index (κ1) is 17.7. The van der Waals surface area contributed by atoms with Gasteiger partial charge in [-0.15, -0.1) is 0 Å². The van der Waals surface area contributed by atoms with E-state index >= 15 is 0 Å². The molecule has 6 heteroatoms. The van der Waals surface area contributed by atoms with Crippen LogP contribution in [-0.4, -0.2) is 39.4 Å². The Hall–Kier alpha value is -3.15. The van der Waals surface area contributed by atoms with Crippen LogP contribution in [0.4, 0.5) is 0 Å². The lowest BCUT2D eigenvalue weighted by atomic mass is 10.2. The molecule has 1 aliphatic rings. The fourth-order valence-electron chi connectivity index (χ4n) is 2.57. The number of nitrogens with one attached hydrogen (secondary N) is 1. The molecule has 1 N–H and O–H groups in total. The van der Waals surface area contributed by atoms with Crippen molar-refractivity contribution >= 4 is 12.0 Å². The molecular formula is C20H21NO5. The number of rotatable bonds is 6. The minimum absolute atomic E-state index is 0.206. The van der Waals surface area contributed by atoms with Gasteiger partial charge in [-0.2, -0.15) is 0 Å². The van der Waals surface area contributed by atoms with E-state index in [1.807, 2.05) is 30.3 Å². The maximum Gasteiger partial charge on any atom is 0.244 e. The standard InChI is InChI=1S/C20H21NO5/c1-23-16-9-7-14(11-19(16)24-2)8-10-20(22)21-12-15-13-25-17-5-3-4-6-18(17)26-15/h3-11,15H,12-13H2,1-2H3,(H,21,22)/t15-/m1/s1. The smallest absolute Gasteiger partial charge is 0.244 e. The molecule has 1 aliphatic heterocycles. The molecule has 136 valence electrons. The van der Waals surface area contributed by atoms with Crippen molar-refractivity contribution in [3.8, 4) is 23.0 Å². The predicted octanol–water partition coefficient (Wildman–Crippen LogP) is 2.67. The van der Waals surface area contributed by atoms with Crippen molar-refractivity contribution in [2.45, 2.75) is 6.10 Å². The lowest BCUT2D eigenvalue weighted by Crippen LogP contribution is -2.40. The summed E-state index contributed by atoms with van der Waals surface area (Å²) in [6, 6.07) is 12.9. The molecule has 1 atom stereocenters. The van der Waals surface area contributed by atoms with Crippen molar-refractivity contribution in [1.29, 1.82) is 0 Å². The second-order valence-electron chi connectivity index (χ2n) is 5.69. The zero-order valence-electron chi connectivity index (χ0n) is 14.7. The van der Waals surface area contributed by atoms with E-state index in [9.17, 15) is 4.79 Å². The summed E-state index contributed by atoms with van der Waals surface area (Å²) in [5, 5.41) is 2.82. The summed E-state index contributed by atoms with van der Waals surface area (Å²) in [7, 11) is 3.15. The van der Waals surface area contributed by atoms with E-state index in [0.717, 1.165) is 11.3 Å². The van der Waals surface area contributed by atoms with Crippen LogP contribution in [0.3, 0.4) is 0 Å². The lowest BCUT2D eigenvalue weighted by molar-refractivity contribution is -0.116. The maximum atomic E-state index is 12.0. The average molecular weight is 355 g/mol. The lowest BCUT2D eigenvalue weighted by Gasteiger charge is -2.26. The van der Waals surface area contributed by atoms with Gasteiger partial charge in [-0.3, -0.25) is 4.79 Å². The van der Waals surface area contributed by atoms with E-state index in [4.69, 9.17) is 18.9 Å². The number of ether oxygens (including phenoxy) is 4. The Morgan fingerprint density at radius 3 is 2.69 bits per heavy atom. The first-order valence-corrected chi connectivity index (χ1v) is 8.26. The van der Waals surface area contributed by atoms with Gasteiger partial charge in [-0.05, 0) is 35.9 Å². The number of fused-ring (bicyclic) bond motifs is 1. The van der Waals surface area contributed by atoms with Crippen molar-refractivity contribution in [3.05, 3.63) is 54.1 Å². The quantitative estimate of drug-likeness (QED) is 0.807. The minimum Gasteiger partial charge on any atom is -0.493 e. The van der Waals surface area contributed by atoms with E-state index < -0.39 is 0 Å². The van der Waals surface area contributed by atoms with Crippen LogP contribution >= 0.6 is 0 Å². The average Bonchev–Trinajstić information content (AvgIpc) is 2.70. The summed E-state index contributed by atoms with van der Waals surface area (Å²) in [5.74, 6) is 2.47. The van der Waals surface area contributed by atoms with Gasteiger partial charge >= 0.3 is 0 Å². The van der Waals surface area contributed by atoms with Gasteiger partial charge in [0.1, 0.15) is 12.7 Å². The zero-order valence-corrected chi connectivity index (χ0v) is 14.7. The molecule has 0 aliphatic carbocycles. The Bertz CT molecular complexity index is 803. The molecule has 0 bridgehead atoms. The molecule has 0 saturated heterocycles. The number of hydrogen-bond acceptors (Lipinski definition) is 5. The molecule has 1 heterocycles. The van der Waals surface area contributed by atoms with Crippen LogP contribution in [0, 0.1) is 0 Å². The largest absolute Gasteiger partial charge is 0.493 e. The molecule has 6 nitrogen and oxygen atoms in total. The number of methoxy groups -OCH3 is 2. The highest BCUT2D eigenvalue weighted by Crippen LogP contribution is 2.30. The highest BCUT2D eigenvalue weighted by molar-refractivity contribution is 5.91. The second kappa shape index (κ2) is 8.29. The van der Waals surface area contributed by atoms with Gasteiger partial charge in [-0.25, -0.2) is 0 Å². The van der Waals surface area contributed by atoms with Crippen LogP contribution in [0.25, 0.3) is 6.08 Å². The van der Waals surface area contributed by atoms with Crippen LogP contribution < -0.4 is 24.3 Å². The number of amides is 1. The van der Waals surface area contributed by atoms with Gasteiger partial charge in [0.2, 0.25) is 5.91 Å². The summed E-state index contributed by atoms with van der Waals surface area (Å²) >= 11 is 0. The molecule has 1 amide bonds. The Balaban J connectivity index is 1.52. The number of benzene rings is 2. The molecule has 2 aromatic rings. The third-order valence-corrected chi connectivity index (χ3v) is 3.91. The molecule has 2 aromatic carbocycles. The first-order valence-electron chi connectivity index (χ1n) is 8.26. The van der Waals surface area contributed by atoms with Gasteiger partial charge in [0.25, 0.3) is 0 Å². The Morgan fingerprint density at radius 2 is 1.92 bits per heavy atom. The van der Waals surface area contributed by atoms with E-state index in [-0.39, 0.29) is 12.0 Å². The fourth-order valence-corrected chi connectivity index (χ4v) is 2.57. The third kappa shape index (κ3) is 4.27. The molecule has 26 heavy (non-hydrogen) atoms. The topological polar surface area (TPSA) is 66.0 Å². The maximum absolute atomic E-state index is 12.0. The monoisotopic (exact) mass is 355 g/mol. The Kier molecular flexibility index (Phi) is 5.63. The molecule has 0 spiro atoms. The number of carbonyl (C=O) groups excluding carboxylic acids is 1. The van der Waals surface area contributed by atoms with Crippen LogP contribution in [-0.2, 0) is 4.79 Å². The molecule has 0 fully saturated rings. The van der Waals surface area contributed by atoms with E-state index in [1.54, 1.807) is 32.4 Å². The summed E-state index contributed by atoms with van der Waals surface area (Å²) in [6.07, 6.45) is 2.97. The summed E-state index contributed by atoms with van der Waals surface area (Å²) in [4.78, 5) is 12.0. The third-order valence-electron chi connectivity index (χ3n) is 3.91. The molecular weight excluding hydrogens is 334 g/mol. The number of para-hydroxylation sites is 2. The van der Waals surface area contributed by atoms with Gasteiger partial charge in [0, 0.05) is 6.08 Å². The van der Waals surface area contributed by atoms with Crippen LogP contribution in [0.5, 0.6) is 23.0 Å². The molecule has 0 saturated carbocycles. The number of carbonyl (C=O) groups is 1. The van der Waals surface area contributed by atoms with Crippen LogP contribution in [0.2, 0.25) is 0 Å². The van der Waals surface area contributed by atoms with Gasteiger partial charge in [0.15, 0.2) is 23.0 Å².